The molecule has 0 saturated carbocycles. The van der Waals surface area contributed by atoms with Gasteiger partial charge in [-0.05, 0) is 44.0 Å². The van der Waals surface area contributed by atoms with E-state index in [4.69, 9.17) is 0 Å². The fourth-order valence-electron chi connectivity index (χ4n) is 1.52. The molecule has 0 heterocycles. The van der Waals surface area contributed by atoms with Crippen LogP contribution in [0.4, 0.5) is 4.39 Å². The van der Waals surface area contributed by atoms with Crippen LogP contribution < -0.4 is 5.32 Å². The van der Waals surface area contributed by atoms with E-state index in [1.54, 1.807) is 12.1 Å². The predicted octanol–water partition coefficient (Wildman–Crippen LogP) is 2.92. The third kappa shape index (κ3) is 4.75. The molecule has 1 unspecified atom stereocenters. The van der Waals surface area contributed by atoms with Crippen molar-refractivity contribution in [2.24, 2.45) is 0 Å². The number of rotatable bonds is 6. The van der Waals surface area contributed by atoms with Gasteiger partial charge in [-0.3, -0.25) is 0 Å². The van der Waals surface area contributed by atoms with Gasteiger partial charge < -0.3 is 5.32 Å². The molecule has 0 spiro atoms. The number of hydrogen-bond acceptors (Lipinski definition) is 1. The van der Waals surface area contributed by atoms with Crippen molar-refractivity contribution < 1.29 is 4.39 Å². The molecule has 0 aliphatic carbocycles. The molecule has 1 rings (SSSR count). The first-order chi connectivity index (χ1) is 7.22. The van der Waals surface area contributed by atoms with Gasteiger partial charge in [-0.2, -0.15) is 0 Å². The molecule has 0 aromatic heterocycles. The standard InChI is InChI=1S/C13H18FN/c1-3-4-8-15-11(2)9-12-6-5-7-13(14)10-12/h3,5-7,10-11,15H,1,4,8-9H2,2H3. The minimum atomic E-state index is -0.161. The summed E-state index contributed by atoms with van der Waals surface area (Å²) in [6, 6.07) is 7.13. The van der Waals surface area contributed by atoms with Crippen molar-refractivity contribution in [1.29, 1.82) is 0 Å². The highest BCUT2D eigenvalue weighted by atomic mass is 19.1. The third-order valence-electron chi connectivity index (χ3n) is 2.27. The molecule has 15 heavy (non-hydrogen) atoms. The van der Waals surface area contributed by atoms with E-state index in [0.29, 0.717) is 6.04 Å². The maximum absolute atomic E-state index is 12.9. The molecule has 1 aromatic rings. The van der Waals surface area contributed by atoms with Gasteiger partial charge in [0.15, 0.2) is 0 Å². The van der Waals surface area contributed by atoms with E-state index < -0.39 is 0 Å². The molecular weight excluding hydrogens is 189 g/mol. The van der Waals surface area contributed by atoms with Gasteiger partial charge in [0.1, 0.15) is 5.82 Å². The van der Waals surface area contributed by atoms with Crippen molar-refractivity contribution in [2.45, 2.75) is 25.8 Å². The van der Waals surface area contributed by atoms with Crippen LogP contribution in [0.25, 0.3) is 0 Å². The molecule has 1 nitrogen and oxygen atoms in total. The Morgan fingerprint density at radius 2 is 2.33 bits per heavy atom. The molecule has 0 aliphatic rings. The number of hydrogen-bond donors (Lipinski definition) is 1. The lowest BCUT2D eigenvalue weighted by atomic mass is 10.1. The average Bonchev–Trinajstić information content (AvgIpc) is 2.18. The van der Waals surface area contributed by atoms with E-state index in [9.17, 15) is 4.39 Å². The first-order valence-electron chi connectivity index (χ1n) is 5.31. The Hall–Kier alpha value is -1.15. The van der Waals surface area contributed by atoms with E-state index in [-0.39, 0.29) is 5.82 Å². The first kappa shape index (κ1) is 11.9. The summed E-state index contributed by atoms with van der Waals surface area (Å²) >= 11 is 0. The Labute approximate surface area is 91.0 Å². The summed E-state index contributed by atoms with van der Waals surface area (Å²) in [5.41, 5.74) is 1.04. The first-order valence-corrected chi connectivity index (χ1v) is 5.31. The van der Waals surface area contributed by atoms with E-state index in [2.05, 4.69) is 18.8 Å². The lowest BCUT2D eigenvalue weighted by Gasteiger charge is -2.12. The van der Waals surface area contributed by atoms with Crippen molar-refractivity contribution in [3.63, 3.8) is 0 Å². The molecule has 0 amide bonds. The Morgan fingerprint density at radius 3 is 3.00 bits per heavy atom. The lowest BCUT2D eigenvalue weighted by Crippen LogP contribution is -2.28. The summed E-state index contributed by atoms with van der Waals surface area (Å²) in [4.78, 5) is 0. The van der Waals surface area contributed by atoms with Gasteiger partial charge >= 0.3 is 0 Å². The molecule has 1 N–H and O–H groups in total. The van der Waals surface area contributed by atoms with E-state index in [1.807, 2.05) is 12.1 Å². The molecule has 0 fully saturated rings. The number of benzene rings is 1. The molecule has 1 atom stereocenters. The molecule has 0 radical (unpaired) electrons. The van der Waals surface area contributed by atoms with Crippen molar-refractivity contribution in [3.8, 4) is 0 Å². The topological polar surface area (TPSA) is 12.0 Å². The minimum Gasteiger partial charge on any atom is -0.314 e. The maximum Gasteiger partial charge on any atom is 0.123 e. The van der Waals surface area contributed by atoms with Gasteiger partial charge in [0.2, 0.25) is 0 Å². The second-order valence-corrected chi connectivity index (χ2v) is 3.77. The second kappa shape index (κ2) is 6.36. The molecular formula is C13H18FN. The molecule has 0 bridgehead atoms. The van der Waals surface area contributed by atoms with Gasteiger partial charge in [-0.25, -0.2) is 4.39 Å². The van der Waals surface area contributed by atoms with Gasteiger partial charge in [0.25, 0.3) is 0 Å². The highest BCUT2D eigenvalue weighted by molar-refractivity contribution is 5.17. The number of halogens is 1. The Morgan fingerprint density at radius 1 is 1.53 bits per heavy atom. The van der Waals surface area contributed by atoms with Crippen LogP contribution in [-0.2, 0) is 6.42 Å². The van der Waals surface area contributed by atoms with E-state index >= 15 is 0 Å². The predicted molar refractivity (Wildman–Crippen MR) is 62.4 cm³/mol. The largest absolute Gasteiger partial charge is 0.314 e. The van der Waals surface area contributed by atoms with Crippen LogP contribution in [0.1, 0.15) is 18.9 Å². The molecule has 0 saturated heterocycles. The SMILES string of the molecule is C=CCCNC(C)Cc1cccc(F)c1. The average molecular weight is 207 g/mol. The van der Waals surface area contributed by atoms with Gasteiger partial charge in [-0.15, -0.1) is 6.58 Å². The molecule has 1 aromatic carbocycles. The minimum absolute atomic E-state index is 0.161. The maximum atomic E-state index is 12.9. The fourth-order valence-corrected chi connectivity index (χ4v) is 1.52. The van der Waals surface area contributed by atoms with Crippen molar-refractivity contribution in [1.82, 2.24) is 5.32 Å². The molecule has 2 heteroatoms. The highest BCUT2D eigenvalue weighted by Gasteiger charge is 2.02. The zero-order chi connectivity index (χ0) is 11.1. The van der Waals surface area contributed by atoms with Crippen molar-refractivity contribution >= 4 is 0 Å². The molecule has 0 aliphatic heterocycles. The van der Waals surface area contributed by atoms with Crippen LogP contribution in [0.15, 0.2) is 36.9 Å². The summed E-state index contributed by atoms with van der Waals surface area (Å²) < 4.78 is 12.9. The highest BCUT2D eigenvalue weighted by Crippen LogP contribution is 2.06. The van der Waals surface area contributed by atoms with E-state index in [1.165, 1.54) is 6.07 Å². The summed E-state index contributed by atoms with van der Waals surface area (Å²) in [6.07, 6.45) is 3.71. The zero-order valence-corrected chi connectivity index (χ0v) is 9.17. The smallest absolute Gasteiger partial charge is 0.123 e. The van der Waals surface area contributed by atoms with Crippen LogP contribution in [-0.4, -0.2) is 12.6 Å². The lowest BCUT2D eigenvalue weighted by molar-refractivity contribution is 0.549. The Balaban J connectivity index is 2.37. The summed E-state index contributed by atoms with van der Waals surface area (Å²) in [6.45, 7) is 6.70. The normalized spacial score (nSPS) is 12.4. The van der Waals surface area contributed by atoms with Crippen LogP contribution >= 0.6 is 0 Å². The number of nitrogens with one attached hydrogen (secondary N) is 1. The van der Waals surface area contributed by atoms with Gasteiger partial charge in [-0.1, -0.05) is 18.2 Å². The third-order valence-corrected chi connectivity index (χ3v) is 2.27. The molecule has 82 valence electrons. The summed E-state index contributed by atoms with van der Waals surface area (Å²) in [5, 5.41) is 3.36. The quantitative estimate of drug-likeness (QED) is 0.558. The van der Waals surface area contributed by atoms with Crippen LogP contribution in [0.2, 0.25) is 0 Å². The second-order valence-electron chi connectivity index (χ2n) is 3.77. The van der Waals surface area contributed by atoms with Gasteiger partial charge in [0, 0.05) is 6.04 Å². The zero-order valence-electron chi connectivity index (χ0n) is 9.17. The van der Waals surface area contributed by atoms with Crippen molar-refractivity contribution in [3.05, 3.63) is 48.3 Å². The monoisotopic (exact) mass is 207 g/mol. The van der Waals surface area contributed by atoms with Gasteiger partial charge in [0.05, 0.1) is 0 Å². The van der Waals surface area contributed by atoms with Crippen LogP contribution in [0.5, 0.6) is 0 Å². The van der Waals surface area contributed by atoms with Crippen molar-refractivity contribution in [2.75, 3.05) is 6.54 Å². The summed E-state index contributed by atoms with van der Waals surface area (Å²) in [7, 11) is 0. The fraction of sp³-hybridized carbons (Fsp3) is 0.385. The van der Waals surface area contributed by atoms with Crippen LogP contribution in [0, 0.1) is 5.82 Å². The Bertz CT molecular complexity index is 309. The summed E-state index contributed by atoms with van der Waals surface area (Å²) in [5.74, 6) is -0.161. The van der Waals surface area contributed by atoms with E-state index in [0.717, 1.165) is 24.9 Å². The Kier molecular flexibility index (Phi) is 5.05. The van der Waals surface area contributed by atoms with Crippen LogP contribution in [0.3, 0.4) is 0 Å².